The normalized spacial score (nSPS) is 19.6. The number of amides is 1. The summed E-state index contributed by atoms with van der Waals surface area (Å²) in [5, 5.41) is 10.7. The number of carbonyl (C=O) groups excluding carboxylic acids is 1. The number of hydrogen-bond acceptors (Lipinski definition) is 3. The maximum Gasteiger partial charge on any atom is 0.405 e. The Kier molecular flexibility index (Phi) is 5.31. The average Bonchev–Trinajstić information content (AvgIpc) is 2.26. The van der Waals surface area contributed by atoms with Gasteiger partial charge < -0.3 is 15.6 Å². The molecular weight excluding hydrogens is 265 g/mol. The van der Waals surface area contributed by atoms with Gasteiger partial charge in [0.05, 0.1) is 6.10 Å². The predicted molar refractivity (Wildman–Crippen MR) is 66.8 cm³/mol. The number of allylic oxidation sites excluding steroid dienone is 2. The molecule has 0 heterocycles. The standard InChI is InChI=1S/C11H15Cl2NO3/c1-2-8(15)10(17-11(14)16)9-6(12)4-3-5-7(9)13/h4,8,10,15H,2-3,5H2,1H3,(H2,14,16). The summed E-state index contributed by atoms with van der Waals surface area (Å²) in [5.74, 6) is 0. The molecular formula is C11H15Cl2NO3. The molecule has 0 fully saturated rings. The average molecular weight is 280 g/mol. The van der Waals surface area contributed by atoms with Gasteiger partial charge in [0.2, 0.25) is 0 Å². The van der Waals surface area contributed by atoms with Crippen molar-refractivity contribution in [1.82, 2.24) is 0 Å². The van der Waals surface area contributed by atoms with E-state index in [1.165, 1.54) is 0 Å². The zero-order chi connectivity index (χ0) is 13.0. The van der Waals surface area contributed by atoms with Crippen LogP contribution in [0.3, 0.4) is 0 Å². The first kappa shape index (κ1) is 14.4. The molecule has 2 unspecified atom stereocenters. The van der Waals surface area contributed by atoms with Crippen LogP contribution in [0.4, 0.5) is 4.79 Å². The molecule has 0 aliphatic heterocycles. The number of ether oxygens (including phenoxy) is 1. The Bertz CT molecular complexity index is 366. The summed E-state index contributed by atoms with van der Waals surface area (Å²) in [6.45, 7) is 1.76. The van der Waals surface area contributed by atoms with E-state index in [2.05, 4.69) is 0 Å². The highest BCUT2D eigenvalue weighted by molar-refractivity contribution is 6.36. The molecule has 17 heavy (non-hydrogen) atoms. The number of hydrogen-bond donors (Lipinski definition) is 2. The third-order valence-electron chi connectivity index (χ3n) is 2.53. The smallest absolute Gasteiger partial charge is 0.405 e. The maximum absolute atomic E-state index is 10.8. The van der Waals surface area contributed by atoms with Crippen LogP contribution in [-0.2, 0) is 4.74 Å². The lowest BCUT2D eigenvalue weighted by molar-refractivity contribution is 0.0254. The van der Waals surface area contributed by atoms with Crippen LogP contribution in [0.5, 0.6) is 0 Å². The molecule has 0 aromatic heterocycles. The van der Waals surface area contributed by atoms with Crippen LogP contribution in [0, 0.1) is 0 Å². The number of primary amides is 1. The molecule has 96 valence electrons. The SMILES string of the molecule is CCC(O)C(OC(N)=O)C1=C(Cl)CCC=C1Cl. The number of halogens is 2. The predicted octanol–water partition coefficient (Wildman–Crippen LogP) is 2.63. The molecule has 6 heteroatoms. The minimum atomic E-state index is -0.963. The van der Waals surface area contributed by atoms with Crippen LogP contribution >= 0.6 is 23.2 Å². The van der Waals surface area contributed by atoms with Crippen molar-refractivity contribution in [3.05, 3.63) is 21.7 Å². The number of aliphatic hydroxyl groups excluding tert-OH is 1. The van der Waals surface area contributed by atoms with E-state index < -0.39 is 18.3 Å². The highest BCUT2D eigenvalue weighted by Crippen LogP contribution is 2.35. The third-order valence-corrected chi connectivity index (χ3v) is 3.28. The molecule has 0 saturated heterocycles. The minimum absolute atomic E-state index is 0.399. The van der Waals surface area contributed by atoms with Crippen molar-refractivity contribution in [2.45, 2.75) is 38.4 Å². The van der Waals surface area contributed by atoms with Gasteiger partial charge >= 0.3 is 6.09 Å². The van der Waals surface area contributed by atoms with Gasteiger partial charge in [-0.1, -0.05) is 36.2 Å². The topological polar surface area (TPSA) is 72.6 Å². The molecule has 2 atom stereocenters. The molecule has 3 N–H and O–H groups in total. The highest BCUT2D eigenvalue weighted by Gasteiger charge is 2.30. The summed E-state index contributed by atoms with van der Waals surface area (Å²) in [4.78, 5) is 10.8. The largest absolute Gasteiger partial charge is 0.439 e. The molecule has 1 amide bonds. The van der Waals surface area contributed by atoms with Gasteiger partial charge in [-0.15, -0.1) is 0 Å². The van der Waals surface area contributed by atoms with Crippen LogP contribution in [0.25, 0.3) is 0 Å². The third kappa shape index (κ3) is 3.63. The molecule has 0 saturated carbocycles. The Balaban J connectivity index is 3.04. The van der Waals surface area contributed by atoms with E-state index in [-0.39, 0.29) is 0 Å². The molecule has 0 aromatic carbocycles. The van der Waals surface area contributed by atoms with Gasteiger partial charge in [0.1, 0.15) is 0 Å². The van der Waals surface area contributed by atoms with Crippen LogP contribution in [0.15, 0.2) is 21.7 Å². The Morgan fingerprint density at radius 2 is 2.29 bits per heavy atom. The Hall–Kier alpha value is -0.710. The fourth-order valence-electron chi connectivity index (χ4n) is 1.66. The van der Waals surface area contributed by atoms with Crippen LogP contribution < -0.4 is 5.73 Å². The van der Waals surface area contributed by atoms with Gasteiger partial charge in [-0.25, -0.2) is 4.79 Å². The minimum Gasteiger partial charge on any atom is -0.439 e. The monoisotopic (exact) mass is 279 g/mol. The summed E-state index contributed by atoms with van der Waals surface area (Å²) in [6, 6.07) is 0. The Morgan fingerprint density at radius 1 is 1.65 bits per heavy atom. The van der Waals surface area contributed by atoms with Crippen molar-refractivity contribution in [3.63, 3.8) is 0 Å². The van der Waals surface area contributed by atoms with Crippen molar-refractivity contribution in [2.75, 3.05) is 0 Å². The first-order chi connectivity index (χ1) is 7.97. The second-order valence-corrected chi connectivity index (χ2v) is 4.61. The van der Waals surface area contributed by atoms with Crippen LogP contribution in [0.1, 0.15) is 26.2 Å². The second-order valence-electron chi connectivity index (χ2n) is 3.74. The molecule has 1 rings (SSSR count). The quantitative estimate of drug-likeness (QED) is 0.831. The van der Waals surface area contributed by atoms with E-state index in [4.69, 9.17) is 33.7 Å². The number of rotatable bonds is 4. The van der Waals surface area contributed by atoms with Gasteiger partial charge in [0.15, 0.2) is 6.10 Å². The summed E-state index contributed by atoms with van der Waals surface area (Å²) in [7, 11) is 0. The van der Waals surface area contributed by atoms with Crippen molar-refractivity contribution < 1.29 is 14.6 Å². The van der Waals surface area contributed by atoms with Gasteiger partial charge in [-0.2, -0.15) is 0 Å². The van der Waals surface area contributed by atoms with E-state index in [1.54, 1.807) is 13.0 Å². The fourth-order valence-corrected chi connectivity index (χ4v) is 2.36. The van der Waals surface area contributed by atoms with E-state index in [9.17, 15) is 9.90 Å². The Labute approximate surface area is 110 Å². The lowest BCUT2D eigenvalue weighted by atomic mass is 9.96. The summed E-state index contributed by atoms with van der Waals surface area (Å²) in [6.07, 6.45) is 0.766. The van der Waals surface area contributed by atoms with Gasteiger partial charge in [0.25, 0.3) is 0 Å². The molecule has 0 aromatic rings. The summed E-state index contributed by atoms with van der Waals surface area (Å²) < 4.78 is 4.90. The fraction of sp³-hybridized carbons (Fsp3) is 0.545. The molecule has 0 radical (unpaired) electrons. The summed E-state index contributed by atoms with van der Waals surface area (Å²) >= 11 is 12.1. The molecule has 4 nitrogen and oxygen atoms in total. The zero-order valence-corrected chi connectivity index (χ0v) is 11.0. The van der Waals surface area contributed by atoms with Gasteiger partial charge in [-0.3, -0.25) is 0 Å². The van der Waals surface area contributed by atoms with Crippen molar-refractivity contribution >= 4 is 29.3 Å². The first-order valence-corrected chi connectivity index (χ1v) is 6.11. The molecule has 1 aliphatic rings. The lowest BCUT2D eigenvalue weighted by Crippen LogP contribution is -2.35. The summed E-state index contributed by atoms with van der Waals surface area (Å²) in [5.41, 5.74) is 5.43. The highest BCUT2D eigenvalue weighted by atomic mass is 35.5. The van der Waals surface area contributed by atoms with E-state index in [1.807, 2.05) is 0 Å². The van der Waals surface area contributed by atoms with Crippen molar-refractivity contribution in [1.29, 1.82) is 0 Å². The lowest BCUT2D eigenvalue weighted by Gasteiger charge is -2.26. The van der Waals surface area contributed by atoms with Gasteiger partial charge in [-0.05, 0) is 19.3 Å². The van der Waals surface area contributed by atoms with E-state index in [0.29, 0.717) is 28.5 Å². The van der Waals surface area contributed by atoms with Gasteiger partial charge in [0, 0.05) is 15.6 Å². The Morgan fingerprint density at radius 3 is 2.76 bits per heavy atom. The second kappa shape index (κ2) is 6.28. The van der Waals surface area contributed by atoms with Crippen molar-refractivity contribution in [3.8, 4) is 0 Å². The van der Waals surface area contributed by atoms with Crippen LogP contribution in [-0.4, -0.2) is 23.4 Å². The molecule has 0 spiro atoms. The van der Waals surface area contributed by atoms with E-state index in [0.717, 1.165) is 6.42 Å². The molecule has 1 aliphatic carbocycles. The number of carbonyl (C=O) groups is 1. The number of nitrogens with two attached hydrogens (primary N) is 1. The van der Waals surface area contributed by atoms with Crippen molar-refractivity contribution in [2.24, 2.45) is 5.73 Å². The van der Waals surface area contributed by atoms with Crippen LogP contribution in [0.2, 0.25) is 0 Å². The zero-order valence-electron chi connectivity index (χ0n) is 9.45. The molecule has 0 bridgehead atoms. The first-order valence-electron chi connectivity index (χ1n) is 5.36. The maximum atomic E-state index is 10.8. The van der Waals surface area contributed by atoms with E-state index >= 15 is 0 Å². The number of aliphatic hydroxyl groups is 1.